The normalized spacial score (nSPS) is 16.1. The molecule has 1 saturated heterocycles. The number of rotatable bonds is 8. The second-order valence-electron chi connectivity index (χ2n) is 8.36. The number of carbonyl (C=O) groups excluding carboxylic acids is 1. The molecule has 0 spiro atoms. The highest BCUT2D eigenvalue weighted by Gasteiger charge is 2.21. The number of fused-ring (bicyclic) bond motifs is 1. The van der Waals surface area contributed by atoms with Crippen molar-refractivity contribution < 1.29 is 14.6 Å². The van der Waals surface area contributed by atoms with Crippen LogP contribution in [-0.4, -0.2) is 73.3 Å². The standard InChI is InChI=1S/C26H31N3O3/c1-32-23-11-9-20(10-12-23)17-22(30)18-28-13-15-29(16-14-28)19-26(31)27-25-8-4-6-21-5-2-3-7-24(21)25/h2-12,22,30H,13-19H2,1H3,(H,27,31). The molecule has 32 heavy (non-hydrogen) atoms. The molecule has 2 N–H and O–H groups in total. The lowest BCUT2D eigenvalue weighted by molar-refractivity contribution is -0.117. The topological polar surface area (TPSA) is 65.0 Å². The Hall–Kier alpha value is -2.93. The highest BCUT2D eigenvalue weighted by atomic mass is 16.5. The van der Waals surface area contributed by atoms with Crippen LogP contribution in [0.2, 0.25) is 0 Å². The number of anilines is 1. The van der Waals surface area contributed by atoms with Crippen molar-refractivity contribution >= 4 is 22.4 Å². The highest BCUT2D eigenvalue weighted by molar-refractivity contribution is 6.02. The highest BCUT2D eigenvalue weighted by Crippen LogP contribution is 2.23. The minimum absolute atomic E-state index is 0.00865. The van der Waals surface area contributed by atoms with Gasteiger partial charge in [0.05, 0.1) is 19.8 Å². The third kappa shape index (κ3) is 5.85. The molecule has 0 saturated carbocycles. The fourth-order valence-electron chi connectivity index (χ4n) is 4.25. The van der Waals surface area contributed by atoms with Gasteiger partial charge in [-0.2, -0.15) is 0 Å². The largest absolute Gasteiger partial charge is 0.497 e. The average molecular weight is 434 g/mol. The second-order valence-corrected chi connectivity index (χ2v) is 8.36. The molecule has 6 nitrogen and oxygen atoms in total. The summed E-state index contributed by atoms with van der Waals surface area (Å²) in [6.07, 6.45) is 0.210. The maximum Gasteiger partial charge on any atom is 0.238 e. The summed E-state index contributed by atoms with van der Waals surface area (Å²) in [4.78, 5) is 17.1. The smallest absolute Gasteiger partial charge is 0.238 e. The number of methoxy groups -OCH3 is 1. The third-order valence-corrected chi connectivity index (χ3v) is 6.00. The van der Waals surface area contributed by atoms with Gasteiger partial charge < -0.3 is 15.2 Å². The second kappa shape index (κ2) is 10.6. The Morgan fingerprint density at radius 3 is 2.41 bits per heavy atom. The minimum Gasteiger partial charge on any atom is -0.497 e. The zero-order chi connectivity index (χ0) is 22.3. The van der Waals surface area contributed by atoms with Crippen LogP contribution < -0.4 is 10.1 Å². The van der Waals surface area contributed by atoms with Crippen LogP contribution in [0.1, 0.15) is 5.56 Å². The first-order valence-corrected chi connectivity index (χ1v) is 11.1. The maximum atomic E-state index is 12.6. The number of aliphatic hydroxyl groups excluding tert-OH is 1. The van der Waals surface area contributed by atoms with Crippen LogP contribution in [0.4, 0.5) is 5.69 Å². The third-order valence-electron chi connectivity index (χ3n) is 6.00. The lowest BCUT2D eigenvalue weighted by Gasteiger charge is -2.35. The molecule has 0 aliphatic carbocycles. The summed E-state index contributed by atoms with van der Waals surface area (Å²) >= 11 is 0. The number of aliphatic hydroxyl groups is 1. The van der Waals surface area contributed by atoms with E-state index < -0.39 is 6.10 Å². The molecule has 3 aromatic carbocycles. The van der Waals surface area contributed by atoms with Crippen molar-refractivity contribution in [2.24, 2.45) is 0 Å². The number of nitrogens with one attached hydrogen (secondary N) is 1. The quantitative estimate of drug-likeness (QED) is 0.572. The molecule has 168 valence electrons. The van der Waals surface area contributed by atoms with Crippen LogP contribution in [0.3, 0.4) is 0 Å². The molecule has 0 aromatic heterocycles. The molecule has 6 heteroatoms. The van der Waals surface area contributed by atoms with E-state index >= 15 is 0 Å². The summed E-state index contributed by atoms with van der Waals surface area (Å²) in [5, 5.41) is 15.7. The van der Waals surface area contributed by atoms with Crippen LogP contribution in [0, 0.1) is 0 Å². The van der Waals surface area contributed by atoms with Gasteiger partial charge in [0, 0.05) is 43.8 Å². The molecule has 0 bridgehead atoms. The number of ether oxygens (including phenoxy) is 1. The number of amides is 1. The van der Waals surface area contributed by atoms with E-state index in [1.165, 1.54) is 0 Å². The number of piperazine rings is 1. The Kier molecular flexibility index (Phi) is 7.37. The first kappa shape index (κ1) is 22.3. The summed E-state index contributed by atoms with van der Waals surface area (Å²) < 4.78 is 5.18. The summed E-state index contributed by atoms with van der Waals surface area (Å²) in [6, 6.07) is 21.9. The molecule has 4 rings (SSSR count). The van der Waals surface area contributed by atoms with Gasteiger partial charge in [-0.1, -0.05) is 48.5 Å². The lowest BCUT2D eigenvalue weighted by atomic mass is 10.1. The fraction of sp³-hybridized carbons (Fsp3) is 0.346. The summed E-state index contributed by atoms with van der Waals surface area (Å²) in [5.74, 6) is 0.832. The number of hydrogen-bond acceptors (Lipinski definition) is 5. The molecular weight excluding hydrogens is 402 g/mol. The van der Waals surface area contributed by atoms with E-state index in [-0.39, 0.29) is 5.91 Å². The Morgan fingerprint density at radius 2 is 1.66 bits per heavy atom. The number of β-amino-alcohol motifs (C(OH)–C–C–N with tert-alkyl or cyclic N) is 1. The van der Waals surface area contributed by atoms with Gasteiger partial charge in [-0.3, -0.25) is 14.6 Å². The molecule has 1 aliphatic heterocycles. The monoisotopic (exact) mass is 433 g/mol. The maximum absolute atomic E-state index is 12.6. The van der Waals surface area contributed by atoms with Crippen molar-refractivity contribution in [3.8, 4) is 5.75 Å². The van der Waals surface area contributed by atoms with Crippen molar-refractivity contribution in [3.63, 3.8) is 0 Å². The molecule has 3 aromatic rings. The van der Waals surface area contributed by atoms with E-state index in [4.69, 9.17) is 4.74 Å². The first-order valence-electron chi connectivity index (χ1n) is 11.1. The summed E-state index contributed by atoms with van der Waals surface area (Å²) in [7, 11) is 1.65. The Morgan fingerprint density at radius 1 is 0.969 bits per heavy atom. The molecule has 0 radical (unpaired) electrons. The number of benzene rings is 3. The predicted molar refractivity (Wildman–Crippen MR) is 128 cm³/mol. The van der Waals surface area contributed by atoms with Crippen molar-refractivity contribution in [1.82, 2.24) is 9.80 Å². The predicted octanol–water partition coefficient (Wildman–Crippen LogP) is 3.01. The van der Waals surface area contributed by atoms with Gasteiger partial charge in [-0.25, -0.2) is 0 Å². The van der Waals surface area contributed by atoms with Crippen molar-refractivity contribution in [2.75, 3.05) is 51.7 Å². The van der Waals surface area contributed by atoms with Gasteiger partial charge in [-0.15, -0.1) is 0 Å². The van der Waals surface area contributed by atoms with Crippen molar-refractivity contribution in [2.45, 2.75) is 12.5 Å². The van der Waals surface area contributed by atoms with Gasteiger partial charge in [0.25, 0.3) is 0 Å². The van der Waals surface area contributed by atoms with Gasteiger partial charge in [-0.05, 0) is 35.6 Å². The molecular formula is C26H31N3O3. The summed E-state index contributed by atoms with van der Waals surface area (Å²) in [6.45, 7) is 4.35. The summed E-state index contributed by atoms with van der Waals surface area (Å²) in [5.41, 5.74) is 1.95. The molecule has 1 unspecified atom stereocenters. The van der Waals surface area contributed by atoms with Crippen molar-refractivity contribution in [1.29, 1.82) is 0 Å². The first-order chi connectivity index (χ1) is 15.6. The number of carbonyl (C=O) groups is 1. The lowest BCUT2D eigenvalue weighted by Crippen LogP contribution is -2.50. The van der Waals surface area contributed by atoms with Gasteiger partial charge in [0.15, 0.2) is 0 Å². The fourth-order valence-corrected chi connectivity index (χ4v) is 4.25. The molecule has 1 heterocycles. The SMILES string of the molecule is COc1ccc(CC(O)CN2CCN(CC(=O)Nc3cccc4ccccc34)CC2)cc1. The van der Waals surface area contributed by atoms with Gasteiger partial charge >= 0.3 is 0 Å². The molecule has 1 amide bonds. The van der Waals surface area contributed by atoms with Crippen LogP contribution in [-0.2, 0) is 11.2 Å². The zero-order valence-electron chi connectivity index (χ0n) is 18.5. The molecule has 1 aliphatic rings. The van der Waals surface area contributed by atoms with E-state index in [0.29, 0.717) is 19.5 Å². The Balaban J connectivity index is 1.21. The Bertz CT molecular complexity index is 1020. The number of hydrogen-bond donors (Lipinski definition) is 2. The van der Waals surface area contributed by atoms with E-state index in [1.807, 2.05) is 66.7 Å². The van der Waals surface area contributed by atoms with Gasteiger partial charge in [0.1, 0.15) is 5.75 Å². The van der Waals surface area contributed by atoms with E-state index in [0.717, 1.165) is 54.0 Å². The van der Waals surface area contributed by atoms with Crippen molar-refractivity contribution in [3.05, 3.63) is 72.3 Å². The Labute approximate surface area is 189 Å². The number of nitrogens with zero attached hydrogens (tertiary/aromatic N) is 2. The zero-order valence-corrected chi connectivity index (χ0v) is 18.5. The molecule has 1 fully saturated rings. The molecule has 1 atom stereocenters. The van der Waals surface area contributed by atoms with Crippen LogP contribution in [0.25, 0.3) is 10.8 Å². The van der Waals surface area contributed by atoms with Crippen LogP contribution in [0.15, 0.2) is 66.7 Å². The van der Waals surface area contributed by atoms with Crippen LogP contribution in [0.5, 0.6) is 5.75 Å². The van der Waals surface area contributed by atoms with Crippen LogP contribution >= 0.6 is 0 Å². The average Bonchev–Trinajstić information content (AvgIpc) is 2.81. The van der Waals surface area contributed by atoms with Gasteiger partial charge in [0.2, 0.25) is 5.91 Å². The van der Waals surface area contributed by atoms with E-state index in [1.54, 1.807) is 7.11 Å². The van der Waals surface area contributed by atoms with E-state index in [9.17, 15) is 9.90 Å². The van der Waals surface area contributed by atoms with E-state index in [2.05, 4.69) is 15.1 Å². The minimum atomic E-state index is -0.412.